The van der Waals surface area contributed by atoms with Crippen molar-refractivity contribution in [3.8, 4) is 11.5 Å². The summed E-state index contributed by atoms with van der Waals surface area (Å²) in [6, 6.07) is 4.88. The van der Waals surface area contributed by atoms with Gasteiger partial charge in [-0.25, -0.2) is 14.8 Å². The maximum atomic E-state index is 13.1. The minimum Gasteiger partial charge on any atom is -0.493 e. The number of nitrogens with zero attached hydrogens (tertiary/aromatic N) is 3. The summed E-state index contributed by atoms with van der Waals surface area (Å²) in [4.78, 5) is 35.5. The molecule has 1 aliphatic heterocycles. The van der Waals surface area contributed by atoms with Gasteiger partial charge in [0, 0.05) is 30.9 Å². The van der Waals surface area contributed by atoms with E-state index in [1.54, 1.807) is 23.1 Å². The number of likely N-dealkylation sites (tertiary alicyclic amines) is 1. The summed E-state index contributed by atoms with van der Waals surface area (Å²) in [5.74, 6) is 0.863. The molecule has 1 aromatic heterocycles. The summed E-state index contributed by atoms with van der Waals surface area (Å²) in [5.41, 5.74) is 6.08. The normalized spacial score (nSPS) is 15.9. The van der Waals surface area contributed by atoms with E-state index in [1.165, 1.54) is 20.5 Å². The number of hydrogen-bond acceptors (Lipinski definition) is 9. The first-order chi connectivity index (χ1) is 16.1. The highest BCUT2D eigenvalue weighted by Crippen LogP contribution is 2.30. The van der Waals surface area contributed by atoms with Gasteiger partial charge in [0.2, 0.25) is 0 Å². The molecule has 2 amide bonds. The van der Waals surface area contributed by atoms with E-state index < -0.39 is 11.5 Å². The second-order valence-corrected chi connectivity index (χ2v) is 8.92. The fraction of sp³-hybridized carbons (Fsp3) is 0.478. The summed E-state index contributed by atoms with van der Waals surface area (Å²) in [5, 5.41) is 6.06. The number of anilines is 3. The fourth-order valence-corrected chi connectivity index (χ4v) is 3.62. The van der Waals surface area contributed by atoms with Gasteiger partial charge in [0.25, 0.3) is 5.91 Å². The van der Waals surface area contributed by atoms with Gasteiger partial charge in [-0.05, 0) is 45.7 Å². The lowest BCUT2D eigenvalue weighted by Gasteiger charge is -2.34. The van der Waals surface area contributed by atoms with Crippen LogP contribution in [-0.4, -0.2) is 65.8 Å². The number of nitrogens with two attached hydrogens (primary N) is 1. The molecule has 0 unspecified atom stereocenters. The molecule has 1 aliphatic rings. The average molecular weight is 473 g/mol. The number of hydrogen-bond donors (Lipinski definition) is 3. The molecule has 184 valence electrons. The number of carbonyl (C=O) groups excluding carboxylic acids is 2. The highest BCUT2D eigenvalue weighted by Gasteiger charge is 2.29. The molecule has 0 saturated carbocycles. The van der Waals surface area contributed by atoms with Gasteiger partial charge in [0.1, 0.15) is 29.1 Å². The van der Waals surface area contributed by atoms with E-state index in [2.05, 4.69) is 20.6 Å². The van der Waals surface area contributed by atoms with Crippen molar-refractivity contribution < 1.29 is 23.8 Å². The lowest BCUT2D eigenvalue weighted by atomic mass is 10.1. The predicted octanol–water partition coefficient (Wildman–Crippen LogP) is 3.14. The van der Waals surface area contributed by atoms with Crippen LogP contribution in [0.4, 0.5) is 22.1 Å². The Balaban J connectivity index is 1.75. The Morgan fingerprint density at radius 1 is 1.15 bits per heavy atom. The van der Waals surface area contributed by atoms with Crippen LogP contribution in [0, 0.1) is 0 Å². The topological polar surface area (TPSA) is 141 Å². The molecule has 11 heteroatoms. The van der Waals surface area contributed by atoms with Crippen molar-refractivity contribution in [1.29, 1.82) is 0 Å². The van der Waals surface area contributed by atoms with Crippen molar-refractivity contribution in [1.82, 2.24) is 14.9 Å². The zero-order chi connectivity index (χ0) is 24.9. The van der Waals surface area contributed by atoms with E-state index in [9.17, 15) is 9.59 Å². The highest BCUT2D eigenvalue weighted by molar-refractivity contribution is 6.10. The number of nitrogen functional groups attached to an aromatic ring is 1. The van der Waals surface area contributed by atoms with Crippen LogP contribution in [0.3, 0.4) is 0 Å². The molecule has 3 rings (SSSR count). The summed E-state index contributed by atoms with van der Waals surface area (Å²) >= 11 is 0. The monoisotopic (exact) mass is 472 g/mol. The third-order valence-corrected chi connectivity index (χ3v) is 5.16. The van der Waals surface area contributed by atoms with Crippen LogP contribution in [0.2, 0.25) is 0 Å². The molecule has 1 aromatic carbocycles. The van der Waals surface area contributed by atoms with E-state index in [4.69, 9.17) is 19.9 Å². The van der Waals surface area contributed by atoms with E-state index >= 15 is 0 Å². The Bertz CT molecular complexity index is 1040. The van der Waals surface area contributed by atoms with Gasteiger partial charge < -0.3 is 35.5 Å². The number of amides is 2. The predicted molar refractivity (Wildman–Crippen MR) is 128 cm³/mol. The van der Waals surface area contributed by atoms with Gasteiger partial charge in [-0.2, -0.15) is 0 Å². The molecule has 4 N–H and O–H groups in total. The molecule has 1 atom stereocenters. The number of carbonyl (C=O) groups is 2. The van der Waals surface area contributed by atoms with Crippen molar-refractivity contribution in [3.05, 3.63) is 30.1 Å². The first-order valence-corrected chi connectivity index (χ1v) is 11.0. The van der Waals surface area contributed by atoms with Gasteiger partial charge in [-0.3, -0.25) is 4.79 Å². The molecule has 0 bridgehead atoms. The third-order valence-electron chi connectivity index (χ3n) is 5.16. The van der Waals surface area contributed by atoms with Gasteiger partial charge in [-0.15, -0.1) is 0 Å². The minimum absolute atomic E-state index is 0.0373. The Morgan fingerprint density at radius 2 is 1.88 bits per heavy atom. The van der Waals surface area contributed by atoms with Crippen molar-refractivity contribution >= 4 is 29.3 Å². The quantitative estimate of drug-likeness (QED) is 0.578. The molecule has 11 nitrogen and oxygen atoms in total. The van der Waals surface area contributed by atoms with Crippen molar-refractivity contribution in [3.63, 3.8) is 0 Å². The van der Waals surface area contributed by atoms with E-state index in [0.717, 1.165) is 12.8 Å². The number of methoxy groups -OCH3 is 2. The van der Waals surface area contributed by atoms with Gasteiger partial charge in [0.15, 0.2) is 11.5 Å². The van der Waals surface area contributed by atoms with Crippen LogP contribution in [-0.2, 0) is 4.74 Å². The number of aromatic nitrogens is 2. The molecule has 2 heterocycles. The largest absolute Gasteiger partial charge is 0.493 e. The lowest BCUT2D eigenvalue weighted by Crippen LogP contribution is -2.47. The Labute approximate surface area is 199 Å². The molecular weight excluding hydrogens is 440 g/mol. The van der Waals surface area contributed by atoms with E-state index in [-0.39, 0.29) is 23.5 Å². The summed E-state index contributed by atoms with van der Waals surface area (Å²) in [6.45, 7) is 6.51. The summed E-state index contributed by atoms with van der Waals surface area (Å²) in [7, 11) is 3.05. The van der Waals surface area contributed by atoms with Crippen LogP contribution in [0.1, 0.15) is 44.0 Å². The van der Waals surface area contributed by atoms with Crippen LogP contribution >= 0.6 is 0 Å². The number of rotatable bonds is 6. The van der Waals surface area contributed by atoms with Crippen LogP contribution in [0.15, 0.2) is 24.5 Å². The standard InChI is InChI=1S/C23H32N6O5/c1-23(2,3)34-22(31)29-10-6-7-15(12-29)27-20-18(19(24)25-13-26-20)21(30)28-14-8-9-16(32-4)17(11-14)33-5/h8-9,11,13,15H,6-7,10,12H2,1-5H3,(H,28,30)(H3,24,25,26,27)/t15-/m1/s1. The molecule has 0 aliphatic carbocycles. The van der Waals surface area contributed by atoms with Gasteiger partial charge >= 0.3 is 6.09 Å². The van der Waals surface area contributed by atoms with Crippen molar-refractivity contribution in [2.45, 2.75) is 45.3 Å². The Hall–Kier alpha value is -3.76. The number of ether oxygens (including phenoxy) is 3. The maximum absolute atomic E-state index is 13.1. The fourth-order valence-electron chi connectivity index (χ4n) is 3.62. The third kappa shape index (κ3) is 6.18. The highest BCUT2D eigenvalue weighted by atomic mass is 16.6. The molecular formula is C23H32N6O5. The summed E-state index contributed by atoms with van der Waals surface area (Å²) < 4.78 is 16.0. The number of piperidine rings is 1. The van der Waals surface area contributed by atoms with Crippen molar-refractivity contribution in [2.75, 3.05) is 43.7 Å². The van der Waals surface area contributed by atoms with Gasteiger partial charge in [-0.1, -0.05) is 0 Å². The zero-order valence-corrected chi connectivity index (χ0v) is 20.2. The van der Waals surface area contributed by atoms with Crippen molar-refractivity contribution in [2.24, 2.45) is 0 Å². The molecule has 1 saturated heterocycles. The molecule has 2 aromatic rings. The Morgan fingerprint density at radius 3 is 2.56 bits per heavy atom. The van der Waals surface area contributed by atoms with Crippen LogP contribution in [0.5, 0.6) is 11.5 Å². The second kappa shape index (κ2) is 10.4. The van der Waals surface area contributed by atoms with E-state index in [0.29, 0.717) is 36.1 Å². The van der Waals surface area contributed by atoms with E-state index in [1.807, 2.05) is 20.8 Å². The van der Waals surface area contributed by atoms with Crippen LogP contribution in [0.25, 0.3) is 0 Å². The molecule has 0 radical (unpaired) electrons. The SMILES string of the molecule is COc1ccc(NC(=O)c2c(N)ncnc2N[C@@H]2CCCN(C(=O)OC(C)(C)C)C2)cc1OC. The smallest absolute Gasteiger partial charge is 0.410 e. The average Bonchev–Trinajstić information content (AvgIpc) is 2.78. The number of benzene rings is 1. The maximum Gasteiger partial charge on any atom is 0.410 e. The second-order valence-electron chi connectivity index (χ2n) is 8.92. The van der Waals surface area contributed by atoms with Crippen LogP contribution < -0.4 is 25.8 Å². The number of nitrogens with one attached hydrogen (secondary N) is 2. The molecule has 0 spiro atoms. The Kier molecular flexibility index (Phi) is 7.64. The zero-order valence-electron chi connectivity index (χ0n) is 20.2. The minimum atomic E-state index is -0.575. The molecule has 34 heavy (non-hydrogen) atoms. The van der Waals surface area contributed by atoms with Gasteiger partial charge in [0.05, 0.1) is 14.2 Å². The first-order valence-electron chi connectivity index (χ1n) is 11.0. The molecule has 1 fully saturated rings. The summed E-state index contributed by atoms with van der Waals surface area (Å²) in [6.07, 6.45) is 2.50. The first kappa shape index (κ1) is 24.9. The lowest BCUT2D eigenvalue weighted by molar-refractivity contribution is 0.0206.